The van der Waals surface area contributed by atoms with Crippen LogP contribution in [-0.4, -0.2) is 28.9 Å². The molecule has 240 valence electrons. The van der Waals surface area contributed by atoms with E-state index in [-0.39, 0.29) is 11.8 Å². The number of nitrogens with one attached hydrogen (secondary N) is 4. The van der Waals surface area contributed by atoms with Gasteiger partial charge < -0.3 is 21.3 Å². The summed E-state index contributed by atoms with van der Waals surface area (Å²) in [7, 11) is 0. The molecular weight excluding hydrogens is 594 g/mol. The highest BCUT2D eigenvalue weighted by atomic mass is 16.2. The molecule has 0 saturated carbocycles. The first-order valence-electron chi connectivity index (χ1n) is 16.6. The van der Waals surface area contributed by atoms with Gasteiger partial charge in [0.1, 0.15) is 0 Å². The van der Waals surface area contributed by atoms with Crippen LogP contribution in [0.5, 0.6) is 0 Å². The van der Waals surface area contributed by atoms with Gasteiger partial charge in [0.2, 0.25) is 11.8 Å². The lowest BCUT2D eigenvalue weighted by atomic mass is 10.0. The van der Waals surface area contributed by atoms with Gasteiger partial charge in [-0.2, -0.15) is 0 Å². The van der Waals surface area contributed by atoms with Crippen molar-refractivity contribution in [2.75, 3.05) is 0 Å². The molecule has 2 amide bonds. The summed E-state index contributed by atoms with van der Waals surface area (Å²) in [5.74, 6) is -0.118. The smallest absolute Gasteiger partial charge is 0.237 e. The van der Waals surface area contributed by atoms with Crippen LogP contribution in [0.3, 0.4) is 0 Å². The van der Waals surface area contributed by atoms with Crippen LogP contribution < -0.4 is 21.3 Å². The largest absolute Gasteiger partial charge is 0.351 e. The van der Waals surface area contributed by atoms with Crippen LogP contribution in [0, 0.1) is 0 Å². The minimum Gasteiger partial charge on any atom is -0.351 e. The molecule has 5 aromatic carbocycles. The van der Waals surface area contributed by atoms with Gasteiger partial charge in [-0.15, -0.1) is 0 Å². The van der Waals surface area contributed by atoms with Crippen molar-refractivity contribution in [1.29, 1.82) is 0 Å². The van der Waals surface area contributed by atoms with Crippen LogP contribution in [0.4, 0.5) is 0 Å². The molecule has 0 radical (unpaired) electrons. The van der Waals surface area contributed by atoms with Crippen molar-refractivity contribution in [2.24, 2.45) is 0 Å². The van der Waals surface area contributed by atoms with Crippen LogP contribution in [0.15, 0.2) is 127 Å². The second-order valence-corrected chi connectivity index (χ2v) is 12.5. The molecule has 7 heteroatoms. The summed E-state index contributed by atoms with van der Waals surface area (Å²) in [6.07, 6.45) is 1.12. The Balaban J connectivity index is 1.25. The molecule has 7 nitrogen and oxygen atoms in total. The summed E-state index contributed by atoms with van der Waals surface area (Å²) in [6.45, 7) is 1.75. The Kier molecular flexibility index (Phi) is 9.50. The van der Waals surface area contributed by atoms with Gasteiger partial charge in [0.05, 0.1) is 23.1 Å². The predicted octanol–water partition coefficient (Wildman–Crippen LogP) is 5.74. The Bertz CT molecular complexity index is 1910. The predicted molar refractivity (Wildman–Crippen MR) is 191 cm³/mol. The van der Waals surface area contributed by atoms with Gasteiger partial charge >= 0.3 is 0 Å². The average Bonchev–Trinajstić information content (AvgIpc) is 3.12. The van der Waals surface area contributed by atoms with Crippen LogP contribution in [-0.2, 0) is 48.6 Å². The normalized spacial score (nSPS) is 17.7. The highest BCUT2D eigenvalue weighted by molar-refractivity contribution is 5.96. The molecule has 0 fully saturated rings. The van der Waals surface area contributed by atoms with E-state index in [4.69, 9.17) is 4.98 Å². The Labute approximate surface area is 280 Å². The van der Waals surface area contributed by atoms with Crippen molar-refractivity contribution in [3.8, 4) is 0 Å². The Hall–Kier alpha value is -5.37. The first-order chi connectivity index (χ1) is 23.6. The topological polar surface area (TPSA) is 95.2 Å². The summed E-state index contributed by atoms with van der Waals surface area (Å²) in [5, 5.41) is 15.5. The van der Waals surface area contributed by atoms with Gasteiger partial charge in [-0.05, 0) is 52.3 Å². The fourth-order valence-electron chi connectivity index (χ4n) is 6.45. The van der Waals surface area contributed by atoms with Gasteiger partial charge in [0.25, 0.3) is 0 Å². The van der Waals surface area contributed by atoms with Crippen molar-refractivity contribution in [3.05, 3.63) is 161 Å². The zero-order chi connectivity index (χ0) is 32.7. The van der Waals surface area contributed by atoms with Crippen molar-refractivity contribution in [2.45, 2.75) is 51.1 Å². The van der Waals surface area contributed by atoms with Gasteiger partial charge in [0.15, 0.2) is 0 Å². The second kappa shape index (κ2) is 14.6. The molecule has 1 aliphatic rings. The molecule has 0 unspecified atom stereocenters. The van der Waals surface area contributed by atoms with Crippen molar-refractivity contribution in [1.82, 2.24) is 26.3 Å². The number of para-hydroxylation sites is 2. The molecule has 48 heavy (non-hydrogen) atoms. The summed E-state index contributed by atoms with van der Waals surface area (Å²) >= 11 is 0. The maximum atomic E-state index is 13.8. The van der Waals surface area contributed by atoms with E-state index in [9.17, 15) is 9.59 Å². The molecule has 6 aromatic rings. The monoisotopic (exact) mass is 633 g/mol. The van der Waals surface area contributed by atoms with Crippen LogP contribution in [0.1, 0.15) is 33.4 Å². The van der Waals surface area contributed by atoms with Gasteiger partial charge in [-0.25, -0.2) is 4.98 Å². The van der Waals surface area contributed by atoms with Crippen molar-refractivity contribution in [3.63, 3.8) is 0 Å². The number of benzene rings is 5. The number of nitrogens with zero attached hydrogens (tertiary/aromatic N) is 1. The van der Waals surface area contributed by atoms with Crippen LogP contribution >= 0.6 is 0 Å². The molecule has 0 saturated heterocycles. The molecule has 0 spiro atoms. The van der Waals surface area contributed by atoms with Gasteiger partial charge in [-0.1, -0.05) is 121 Å². The highest BCUT2D eigenvalue weighted by Gasteiger charge is 2.21. The van der Waals surface area contributed by atoms with Crippen LogP contribution in [0.2, 0.25) is 0 Å². The lowest BCUT2D eigenvalue weighted by Crippen LogP contribution is -2.45. The van der Waals surface area contributed by atoms with E-state index in [1.54, 1.807) is 0 Å². The Morgan fingerprint density at radius 2 is 0.958 bits per heavy atom. The maximum absolute atomic E-state index is 13.8. The van der Waals surface area contributed by atoms with E-state index in [1.807, 2.05) is 78.9 Å². The zero-order valence-electron chi connectivity index (χ0n) is 26.8. The number of carbonyl (C=O) groups excluding carboxylic acids is 2. The van der Waals surface area contributed by atoms with E-state index in [0.29, 0.717) is 39.0 Å². The number of amides is 2. The molecule has 0 aliphatic carbocycles. The van der Waals surface area contributed by atoms with Gasteiger partial charge in [-0.3, -0.25) is 9.59 Å². The van der Waals surface area contributed by atoms with E-state index in [2.05, 4.69) is 69.8 Å². The maximum Gasteiger partial charge on any atom is 0.237 e. The molecule has 2 heterocycles. The molecular formula is C41H39N5O2. The molecule has 2 atom stereocenters. The molecule has 1 aromatic heterocycles. The lowest BCUT2D eigenvalue weighted by Gasteiger charge is -2.21. The number of hydrogen-bond donors (Lipinski definition) is 4. The van der Waals surface area contributed by atoms with E-state index in [1.165, 1.54) is 0 Å². The fourth-order valence-corrected chi connectivity index (χ4v) is 6.45. The SMILES string of the molecule is O=C1NCc2cccc3cc4cccc(c4nc23)CNC(=O)[C@H](Cc2ccccc2)NCc2cccc(c2)CN[C@H]1Cc1ccccc1. The first-order valence-corrected chi connectivity index (χ1v) is 16.6. The number of fused-ring (bicyclic) bond motifs is 2. The summed E-state index contributed by atoms with van der Waals surface area (Å²) in [4.78, 5) is 32.7. The van der Waals surface area contributed by atoms with Gasteiger partial charge in [0, 0.05) is 37.0 Å². The summed E-state index contributed by atoms with van der Waals surface area (Å²) in [5.41, 5.74) is 7.87. The number of carbonyl (C=O) groups is 2. The first kappa shape index (κ1) is 31.2. The van der Waals surface area contributed by atoms with Crippen molar-refractivity contribution >= 4 is 33.6 Å². The number of pyridine rings is 1. The average molecular weight is 634 g/mol. The van der Waals surface area contributed by atoms with E-state index < -0.39 is 12.1 Å². The Morgan fingerprint density at radius 1 is 0.500 bits per heavy atom. The lowest BCUT2D eigenvalue weighted by molar-refractivity contribution is -0.124. The summed E-state index contributed by atoms with van der Waals surface area (Å²) in [6, 6.07) is 41.9. The quantitative estimate of drug-likeness (QED) is 0.186. The molecule has 4 N–H and O–H groups in total. The Morgan fingerprint density at radius 3 is 1.44 bits per heavy atom. The van der Waals surface area contributed by atoms with E-state index in [0.717, 1.165) is 55.2 Å². The third-order valence-electron chi connectivity index (χ3n) is 9.04. The zero-order valence-corrected chi connectivity index (χ0v) is 26.8. The second-order valence-electron chi connectivity index (χ2n) is 12.5. The highest BCUT2D eigenvalue weighted by Crippen LogP contribution is 2.25. The third kappa shape index (κ3) is 7.44. The number of rotatable bonds is 4. The fraction of sp³-hybridized carbons (Fsp3) is 0.195. The standard InChI is InChI=1S/C41H39N5O2/c47-40-36(21-28-10-3-1-4-11-28)42-24-30-14-7-15-31(20-30)25-43-37(22-29-12-5-2-6-13-29)41(48)45-27-35-19-9-17-33-23-32-16-8-18-34(26-44-40)38(32)46-39(33)35/h1-20,23,36-37,42-43H,21-22,24-27H2,(H,44,47)(H,45,48)/t36-,37-/m0/s1. The molecule has 7 rings (SSSR count). The third-order valence-corrected chi connectivity index (χ3v) is 9.04. The minimum absolute atomic E-state index is 0.0592. The molecule has 1 aliphatic heterocycles. The van der Waals surface area contributed by atoms with Crippen molar-refractivity contribution < 1.29 is 9.59 Å². The van der Waals surface area contributed by atoms with Crippen LogP contribution in [0.25, 0.3) is 21.8 Å². The summed E-state index contributed by atoms with van der Waals surface area (Å²) < 4.78 is 0. The number of aromatic nitrogens is 1. The minimum atomic E-state index is -0.436. The number of hydrogen-bond acceptors (Lipinski definition) is 5. The van der Waals surface area contributed by atoms with E-state index >= 15 is 0 Å². The molecule has 4 bridgehead atoms.